The molecule has 0 saturated heterocycles. The lowest BCUT2D eigenvalue weighted by Crippen LogP contribution is -2.61. The van der Waals surface area contributed by atoms with E-state index in [4.69, 9.17) is 0 Å². The van der Waals surface area contributed by atoms with Crippen molar-refractivity contribution < 1.29 is 0 Å². The summed E-state index contributed by atoms with van der Waals surface area (Å²) in [5.74, 6) is 1.09. The minimum atomic E-state index is -0.00662. The Morgan fingerprint density at radius 3 is 1.04 bits per heavy atom. The quantitative estimate of drug-likeness (QED) is 0.133. The molecule has 0 bridgehead atoms. The Hall–Kier alpha value is -8.14. The Bertz CT molecular complexity index is 3590. The zero-order chi connectivity index (χ0) is 54.0. The first-order valence-corrected chi connectivity index (χ1v) is 29.9. The number of hydrogen-bond acceptors (Lipinski definition) is 2. The zero-order valence-corrected chi connectivity index (χ0v) is 47.3. The Balaban J connectivity index is 1.12. The molecule has 2 saturated carbocycles. The Labute approximate surface area is 475 Å². The molecule has 0 unspecified atom stereocenters. The Morgan fingerprint density at radius 2 is 0.688 bits per heavy atom. The number of nitrogens with zero attached hydrogens (tertiary/aromatic N) is 2. The molecular formula is C77H71BN2. The summed E-state index contributed by atoms with van der Waals surface area (Å²) < 4.78 is 0. The van der Waals surface area contributed by atoms with Crippen molar-refractivity contribution in [3.63, 3.8) is 0 Å². The molecule has 2 fully saturated rings. The summed E-state index contributed by atoms with van der Waals surface area (Å²) in [5.41, 5.74) is 33.5. The van der Waals surface area contributed by atoms with Crippen LogP contribution in [0.2, 0.25) is 0 Å². The van der Waals surface area contributed by atoms with Crippen molar-refractivity contribution in [1.82, 2.24) is 0 Å². The van der Waals surface area contributed by atoms with Gasteiger partial charge in [0.25, 0.3) is 6.71 Å². The second-order valence-electron chi connectivity index (χ2n) is 23.9. The van der Waals surface area contributed by atoms with Gasteiger partial charge in [-0.25, -0.2) is 0 Å². The van der Waals surface area contributed by atoms with E-state index in [0.717, 1.165) is 0 Å². The van der Waals surface area contributed by atoms with Crippen LogP contribution in [0.3, 0.4) is 0 Å². The molecule has 0 amide bonds. The molecule has 10 aromatic rings. The number of aryl methyl sites for hydroxylation is 3. The third-order valence-corrected chi connectivity index (χ3v) is 18.9. The number of benzene rings is 10. The van der Waals surface area contributed by atoms with Gasteiger partial charge in [0.1, 0.15) is 0 Å². The van der Waals surface area contributed by atoms with Gasteiger partial charge in [0.05, 0.1) is 0 Å². The van der Waals surface area contributed by atoms with E-state index in [1.54, 1.807) is 0 Å². The summed E-state index contributed by atoms with van der Waals surface area (Å²) in [5, 5.41) is 0. The van der Waals surface area contributed by atoms with Crippen molar-refractivity contribution in [2.45, 2.75) is 111 Å². The van der Waals surface area contributed by atoms with E-state index in [9.17, 15) is 0 Å². The fourth-order valence-electron chi connectivity index (χ4n) is 15.1. The molecule has 2 nitrogen and oxygen atoms in total. The van der Waals surface area contributed by atoms with Gasteiger partial charge in [-0.2, -0.15) is 0 Å². The molecule has 0 atom stereocenters. The fourth-order valence-corrected chi connectivity index (χ4v) is 15.1. The topological polar surface area (TPSA) is 6.48 Å². The van der Waals surface area contributed by atoms with Gasteiger partial charge in [0.15, 0.2) is 0 Å². The number of rotatable bonds is 9. The largest absolute Gasteiger partial charge is 0.311 e. The molecule has 0 radical (unpaired) electrons. The number of anilines is 6. The summed E-state index contributed by atoms with van der Waals surface area (Å²) in [6.07, 6.45) is 12.8. The lowest BCUT2D eigenvalue weighted by molar-refractivity contribution is 0.444. The normalized spacial score (nSPS) is 15.1. The van der Waals surface area contributed by atoms with Crippen molar-refractivity contribution in [3.05, 3.63) is 245 Å². The van der Waals surface area contributed by atoms with Crippen molar-refractivity contribution >= 4 is 57.2 Å². The fraction of sp³-hybridized carbons (Fsp3) is 0.221. The monoisotopic (exact) mass is 1030 g/mol. The molecule has 10 aromatic carbocycles. The molecule has 2 aliphatic heterocycles. The highest BCUT2D eigenvalue weighted by atomic mass is 15.2. The van der Waals surface area contributed by atoms with Gasteiger partial charge in [-0.05, 0) is 226 Å². The van der Waals surface area contributed by atoms with Crippen LogP contribution in [0.15, 0.2) is 206 Å². The van der Waals surface area contributed by atoms with Crippen LogP contribution < -0.4 is 26.2 Å². The maximum atomic E-state index is 2.72. The number of fused-ring (bicyclic) bond motifs is 4. The molecule has 14 rings (SSSR count). The standard InChI is InChI=1S/C77H71BN2/c1-50-40-51(2)76(52(3)41-50)63-44-74-77-75(45-63)80(65-48-68(59-32-20-10-21-33-59)54(5)69(49-65)60-34-22-11-23-35-60)73-43-62(56-26-14-7-15-27-56)37-39-71(73)78(77)70-38-36-61(55-24-12-6-13-25-55)42-72(70)79(74)64-46-66(57-28-16-8-17-29-57)53(4)67(47-64)58-30-18-9-19-31-58/h8-11,16-23,28-49,55-56H,6-7,12-15,24-27H2,1-5H3. The van der Waals surface area contributed by atoms with Gasteiger partial charge >= 0.3 is 0 Å². The molecule has 3 heteroatoms. The lowest BCUT2D eigenvalue weighted by Gasteiger charge is -2.45. The van der Waals surface area contributed by atoms with Crippen LogP contribution in [0.25, 0.3) is 55.6 Å². The Morgan fingerprint density at radius 1 is 0.338 bits per heavy atom. The second kappa shape index (κ2) is 20.8. The summed E-state index contributed by atoms with van der Waals surface area (Å²) >= 11 is 0. The molecule has 0 aromatic heterocycles. The average Bonchev–Trinajstić information content (AvgIpc) is 3.69. The molecule has 392 valence electrons. The van der Waals surface area contributed by atoms with Gasteiger partial charge in [0, 0.05) is 34.1 Å². The van der Waals surface area contributed by atoms with E-state index in [1.165, 1.54) is 209 Å². The van der Waals surface area contributed by atoms with E-state index in [0.29, 0.717) is 11.8 Å². The van der Waals surface area contributed by atoms with Gasteiger partial charge in [-0.1, -0.05) is 202 Å². The molecule has 4 aliphatic rings. The SMILES string of the molecule is Cc1cc(C)c(-c2cc3c4c(c2)N(c2cc(-c5ccccc5)c(C)c(-c5ccccc5)c2)c2cc(C5CCCCC5)ccc2B4c2ccc(C4CCCCC4)cc2N3c2cc(-c3ccccc3)c(C)c(-c3ccccc3)c2)c(C)c1. The van der Waals surface area contributed by atoms with Crippen molar-refractivity contribution in [2.24, 2.45) is 0 Å². The zero-order valence-electron chi connectivity index (χ0n) is 47.3. The number of hydrogen-bond donors (Lipinski definition) is 0. The van der Waals surface area contributed by atoms with Crippen molar-refractivity contribution in [1.29, 1.82) is 0 Å². The molecular weight excluding hydrogens is 964 g/mol. The summed E-state index contributed by atoms with van der Waals surface area (Å²) in [6.45, 7) is 11.5. The van der Waals surface area contributed by atoms with Crippen molar-refractivity contribution in [3.8, 4) is 55.6 Å². The minimum absolute atomic E-state index is 0.00662. The Kier molecular flexibility index (Phi) is 13.0. The summed E-state index contributed by atoms with van der Waals surface area (Å²) in [7, 11) is 0. The average molecular weight is 1040 g/mol. The van der Waals surface area contributed by atoms with Gasteiger partial charge in [-0.3, -0.25) is 0 Å². The first-order chi connectivity index (χ1) is 39.3. The van der Waals surface area contributed by atoms with Crippen LogP contribution in [-0.2, 0) is 0 Å². The first-order valence-electron chi connectivity index (χ1n) is 29.9. The third-order valence-electron chi connectivity index (χ3n) is 18.9. The molecule has 0 N–H and O–H groups in total. The minimum Gasteiger partial charge on any atom is -0.311 e. The maximum absolute atomic E-state index is 2.72. The summed E-state index contributed by atoms with van der Waals surface area (Å²) in [6, 6.07) is 79.9. The first kappa shape index (κ1) is 50.1. The van der Waals surface area contributed by atoms with E-state index in [-0.39, 0.29) is 6.71 Å². The second-order valence-corrected chi connectivity index (χ2v) is 23.9. The van der Waals surface area contributed by atoms with E-state index in [1.807, 2.05) is 0 Å². The van der Waals surface area contributed by atoms with Crippen LogP contribution in [-0.4, -0.2) is 6.71 Å². The lowest BCUT2D eigenvalue weighted by atomic mass is 9.33. The van der Waals surface area contributed by atoms with Gasteiger partial charge < -0.3 is 9.80 Å². The van der Waals surface area contributed by atoms with Crippen molar-refractivity contribution in [2.75, 3.05) is 9.80 Å². The van der Waals surface area contributed by atoms with E-state index >= 15 is 0 Å². The van der Waals surface area contributed by atoms with Crippen LogP contribution in [0.5, 0.6) is 0 Å². The highest BCUT2D eigenvalue weighted by Crippen LogP contribution is 2.51. The van der Waals surface area contributed by atoms with Crippen LogP contribution in [0, 0.1) is 34.6 Å². The highest BCUT2D eigenvalue weighted by molar-refractivity contribution is 7.00. The van der Waals surface area contributed by atoms with Crippen LogP contribution in [0.1, 0.15) is 115 Å². The van der Waals surface area contributed by atoms with E-state index in [2.05, 4.69) is 251 Å². The van der Waals surface area contributed by atoms with Crippen LogP contribution >= 0.6 is 0 Å². The third kappa shape index (κ3) is 8.82. The molecule has 2 aliphatic carbocycles. The maximum Gasteiger partial charge on any atom is 0.252 e. The van der Waals surface area contributed by atoms with Crippen LogP contribution in [0.4, 0.5) is 34.1 Å². The predicted octanol–water partition coefficient (Wildman–Crippen LogP) is 19.7. The predicted molar refractivity (Wildman–Crippen MR) is 343 cm³/mol. The summed E-state index contributed by atoms with van der Waals surface area (Å²) in [4.78, 5) is 5.44. The van der Waals surface area contributed by atoms with Gasteiger partial charge in [0.2, 0.25) is 0 Å². The smallest absolute Gasteiger partial charge is 0.252 e. The highest BCUT2D eigenvalue weighted by Gasteiger charge is 2.45. The molecule has 80 heavy (non-hydrogen) atoms. The van der Waals surface area contributed by atoms with Gasteiger partial charge in [-0.15, -0.1) is 0 Å². The van der Waals surface area contributed by atoms with E-state index < -0.39 is 0 Å². The molecule has 2 heterocycles. The molecule has 0 spiro atoms.